The summed E-state index contributed by atoms with van der Waals surface area (Å²) in [6.45, 7) is 2.66. The third kappa shape index (κ3) is 5.43. The lowest BCUT2D eigenvalue weighted by Crippen LogP contribution is -2.36. The fourth-order valence-corrected chi connectivity index (χ4v) is 3.68. The summed E-state index contributed by atoms with van der Waals surface area (Å²) in [4.78, 5) is 24.9. The van der Waals surface area contributed by atoms with Gasteiger partial charge in [-0.3, -0.25) is 9.59 Å². The van der Waals surface area contributed by atoms with E-state index in [0.717, 1.165) is 43.4 Å². The van der Waals surface area contributed by atoms with Crippen LogP contribution in [-0.4, -0.2) is 18.4 Å². The maximum absolute atomic E-state index is 12.5. The van der Waals surface area contributed by atoms with E-state index in [0.29, 0.717) is 6.54 Å². The average molecular weight is 364 g/mol. The van der Waals surface area contributed by atoms with Crippen LogP contribution in [0.25, 0.3) is 0 Å². The Bertz CT molecular complexity index is 765. The standard InChI is InChI=1S/C23H28N2O2/c1-17-7-5-6-10-21(17)25-23(27)20-13-11-19(12-14-20)22(26)24-16-15-18-8-3-2-4-9-18/h2-10,19-20H,11-16H2,1H3,(H,24,26)(H,25,27). The number of benzene rings is 2. The molecule has 4 nitrogen and oxygen atoms in total. The predicted molar refractivity (Wildman–Crippen MR) is 108 cm³/mol. The van der Waals surface area contributed by atoms with Crippen molar-refractivity contribution in [3.63, 3.8) is 0 Å². The van der Waals surface area contributed by atoms with Crippen molar-refractivity contribution in [1.82, 2.24) is 5.32 Å². The van der Waals surface area contributed by atoms with Crippen molar-refractivity contribution in [2.45, 2.75) is 39.0 Å². The molecule has 0 unspecified atom stereocenters. The van der Waals surface area contributed by atoms with Crippen LogP contribution in [0.1, 0.15) is 36.8 Å². The molecule has 27 heavy (non-hydrogen) atoms. The van der Waals surface area contributed by atoms with E-state index in [1.165, 1.54) is 5.56 Å². The number of hydrogen-bond donors (Lipinski definition) is 2. The Kier molecular flexibility index (Phi) is 6.64. The van der Waals surface area contributed by atoms with Crippen molar-refractivity contribution in [3.05, 3.63) is 65.7 Å². The maximum atomic E-state index is 12.5. The van der Waals surface area contributed by atoms with Gasteiger partial charge >= 0.3 is 0 Å². The topological polar surface area (TPSA) is 58.2 Å². The van der Waals surface area contributed by atoms with Gasteiger partial charge in [0, 0.05) is 24.1 Å². The third-order valence-corrected chi connectivity index (χ3v) is 5.43. The molecule has 2 aromatic rings. The molecule has 0 spiro atoms. The summed E-state index contributed by atoms with van der Waals surface area (Å²) in [5.74, 6) is 0.234. The Balaban J connectivity index is 1.41. The largest absolute Gasteiger partial charge is 0.356 e. The normalized spacial score (nSPS) is 19.3. The SMILES string of the molecule is Cc1ccccc1NC(=O)C1CCC(C(=O)NCCc2ccccc2)CC1. The van der Waals surface area contributed by atoms with E-state index in [-0.39, 0.29) is 23.7 Å². The number of carbonyl (C=O) groups excluding carboxylic acids is 2. The molecule has 0 radical (unpaired) electrons. The number of rotatable bonds is 6. The monoisotopic (exact) mass is 364 g/mol. The summed E-state index contributed by atoms with van der Waals surface area (Å²) < 4.78 is 0. The minimum atomic E-state index is -0.00188. The van der Waals surface area contributed by atoms with Crippen molar-refractivity contribution >= 4 is 17.5 Å². The number of hydrogen-bond acceptors (Lipinski definition) is 2. The van der Waals surface area contributed by atoms with Gasteiger partial charge in [0.25, 0.3) is 0 Å². The lowest BCUT2D eigenvalue weighted by molar-refractivity contribution is -0.128. The second-order valence-electron chi connectivity index (χ2n) is 7.38. The van der Waals surface area contributed by atoms with Gasteiger partial charge in [0.15, 0.2) is 0 Å². The van der Waals surface area contributed by atoms with Gasteiger partial charge in [-0.15, -0.1) is 0 Å². The number of carbonyl (C=O) groups is 2. The molecule has 1 aliphatic rings. The molecule has 0 aromatic heterocycles. The number of para-hydroxylation sites is 1. The smallest absolute Gasteiger partial charge is 0.227 e. The minimum Gasteiger partial charge on any atom is -0.356 e. The zero-order chi connectivity index (χ0) is 19.1. The molecule has 0 bridgehead atoms. The minimum absolute atomic E-state index is 0.00188. The van der Waals surface area contributed by atoms with Crippen LogP contribution in [0.15, 0.2) is 54.6 Å². The summed E-state index contributed by atoms with van der Waals surface area (Å²) in [7, 11) is 0. The molecule has 3 rings (SSSR count). The van der Waals surface area contributed by atoms with Gasteiger partial charge in [-0.25, -0.2) is 0 Å². The van der Waals surface area contributed by atoms with Gasteiger partial charge in [-0.05, 0) is 56.2 Å². The van der Waals surface area contributed by atoms with E-state index in [2.05, 4.69) is 22.8 Å². The average Bonchev–Trinajstić information content (AvgIpc) is 2.70. The lowest BCUT2D eigenvalue weighted by atomic mass is 9.81. The summed E-state index contributed by atoms with van der Waals surface area (Å²) in [6.07, 6.45) is 3.95. The highest BCUT2D eigenvalue weighted by atomic mass is 16.2. The molecule has 1 fully saturated rings. The van der Waals surface area contributed by atoms with Crippen molar-refractivity contribution in [1.29, 1.82) is 0 Å². The van der Waals surface area contributed by atoms with Gasteiger partial charge in [-0.1, -0.05) is 48.5 Å². The third-order valence-electron chi connectivity index (χ3n) is 5.43. The summed E-state index contributed by atoms with van der Waals surface area (Å²) in [6, 6.07) is 18.0. The molecule has 4 heteroatoms. The summed E-state index contributed by atoms with van der Waals surface area (Å²) in [5.41, 5.74) is 3.18. The highest BCUT2D eigenvalue weighted by Crippen LogP contribution is 2.30. The molecule has 0 aliphatic heterocycles. The number of aryl methyl sites for hydroxylation is 1. The van der Waals surface area contributed by atoms with Crippen LogP contribution in [0.3, 0.4) is 0 Å². The molecule has 2 amide bonds. The molecule has 0 heterocycles. The van der Waals surface area contributed by atoms with E-state index >= 15 is 0 Å². The van der Waals surface area contributed by atoms with E-state index in [9.17, 15) is 9.59 Å². The Morgan fingerprint density at radius 3 is 2.11 bits per heavy atom. The molecule has 0 atom stereocenters. The quantitative estimate of drug-likeness (QED) is 0.811. The number of anilines is 1. The van der Waals surface area contributed by atoms with Crippen LogP contribution in [0.4, 0.5) is 5.69 Å². The van der Waals surface area contributed by atoms with Crippen LogP contribution in [0.5, 0.6) is 0 Å². The zero-order valence-electron chi connectivity index (χ0n) is 15.9. The van der Waals surface area contributed by atoms with Crippen LogP contribution in [-0.2, 0) is 16.0 Å². The van der Waals surface area contributed by atoms with Gasteiger partial charge in [0.1, 0.15) is 0 Å². The van der Waals surface area contributed by atoms with Gasteiger partial charge < -0.3 is 10.6 Å². The number of amides is 2. The van der Waals surface area contributed by atoms with Crippen LogP contribution < -0.4 is 10.6 Å². The molecular weight excluding hydrogens is 336 g/mol. The molecule has 2 N–H and O–H groups in total. The molecule has 1 aliphatic carbocycles. The first kappa shape index (κ1) is 19.2. The van der Waals surface area contributed by atoms with Gasteiger partial charge in [-0.2, -0.15) is 0 Å². The summed E-state index contributed by atoms with van der Waals surface area (Å²) in [5, 5.41) is 6.09. The highest BCUT2D eigenvalue weighted by Gasteiger charge is 2.29. The maximum Gasteiger partial charge on any atom is 0.227 e. The highest BCUT2D eigenvalue weighted by molar-refractivity contribution is 5.93. The Hall–Kier alpha value is -2.62. The fraction of sp³-hybridized carbons (Fsp3) is 0.391. The van der Waals surface area contributed by atoms with Crippen LogP contribution >= 0.6 is 0 Å². The van der Waals surface area contributed by atoms with E-state index in [1.807, 2.05) is 49.4 Å². The van der Waals surface area contributed by atoms with Crippen LogP contribution in [0.2, 0.25) is 0 Å². The first-order valence-corrected chi connectivity index (χ1v) is 9.81. The molecule has 142 valence electrons. The first-order valence-electron chi connectivity index (χ1n) is 9.81. The Morgan fingerprint density at radius 1 is 0.852 bits per heavy atom. The predicted octanol–water partition coefficient (Wildman–Crippen LogP) is 4.10. The fourth-order valence-electron chi connectivity index (χ4n) is 3.68. The molecule has 0 saturated heterocycles. The van der Waals surface area contributed by atoms with E-state index in [1.54, 1.807) is 0 Å². The van der Waals surface area contributed by atoms with Crippen molar-refractivity contribution in [2.75, 3.05) is 11.9 Å². The van der Waals surface area contributed by atoms with E-state index < -0.39 is 0 Å². The van der Waals surface area contributed by atoms with Gasteiger partial charge in [0.2, 0.25) is 11.8 Å². The summed E-state index contributed by atoms with van der Waals surface area (Å²) >= 11 is 0. The Morgan fingerprint density at radius 2 is 1.44 bits per heavy atom. The van der Waals surface area contributed by atoms with Crippen molar-refractivity contribution in [2.24, 2.45) is 11.8 Å². The van der Waals surface area contributed by atoms with Crippen molar-refractivity contribution in [3.8, 4) is 0 Å². The zero-order valence-corrected chi connectivity index (χ0v) is 15.9. The van der Waals surface area contributed by atoms with Crippen molar-refractivity contribution < 1.29 is 9.59 Å². The number of nitrogens with one attached hydrogen (secondary N) is 2. The molecular formula is C23H28N2O2. The second-order valence-corrected chi connectivity index (χ2v) is 7.38. The second kappa shape index (κ2) is 9.36. The van der Waals surface area contributed by atoms with Gasteiger partial charge in [0.05, 0.1) is 0 Å². The lowest BCUT2D eigenvalue weighted by Gasteiger charge is -2.27. The Labute approximate surface area is 161 Å². The first-order chi connectivity index (χ1) is 13.1. The van der Waals surface area contributed by atoms with E-state index in [4.69, 9.17) is 0 Å². The molecule has 2 aromatic carbocycles. The molecule has 1 saturated carbocycles. The van der Waals surface area contributed by atoms with Crippen LogP contribution in [0, 0.1) is 18.8 Å².